The van der Waals surface area contributed by atoms with Crippen LogP contribution in [0, 0.1) is 12.8 Å². The highest BCUT2D eigenvalue weighted by Gasteiger charge is 2.27. The summed E-state index contributed by atoms with van der Waals surface area (Å²) in [4.78, 5) is 19.6. The van der Waals surface area contributed by atoms with Crippen LogP contribution in [0.4, 0.5) is 5.69 Å². The molecule has 0 spiro atoms. The summed E-state index contributed by atoms with van der Waals surface area (Å²) < 4.78 is 5.52. The zero-order valence-corrected chi connectivity index (χ0v) is 19.4. The van der Waals surface area contributed by atoms with Crippen molar-refractivity contribution < 1.29 is 9.32 Å². The molecule has 0 saturated carbocycles. The van der Waals surface area contributed by atoms with Crippen molar-refractivity contribution in [2.24, 2.45) is 5.92 Å². The van der Waals surface area contributed by atoms with Crippen LogP contribution in [-0.4, -0.2) is 34.0 Å². The molecule has 32 heavy (non-hydrogen) atoms. The summed E-state index contributed by atoms with van der Waals surface area (Å²) in [7, 11) is 0. The van der Waals surface area contributed by atoms with Gasteiger partial charge in [0, 0.05) is 17.8 Å². The predicted octanol–water partition coefficient (Wildman–Crippen LogP) is 5.19. The minimum Gasteiger partial charge on any atom is -0.338 e. The third kappa shape index (κ3) is 5.43. The first kappa shape index (κ1) is 22.2. The van der Waals surface area contributed by atoms with Gasteiger partial charge in [0.15, 0.2) is 0 Å². The van der Waals surface area contributed by atoms with E-state index in [1.165, 1.54) is 11.1 Å². The minimum atomic E-state index is -0.0441. The molecule has 1 unspecified atom stereocenters. The van der Waals surface area contributed by atoms with Gasteiger partial charge in [-0.25, -0.2) is 0 Å². The van der Waals surface area contributed by atoms with Crippen molar-refractivity contribution in [2.45, 2.75) is 52.5 Å². The van der Waals surface area contributed by atoms with Crippen LogP contribution in [0.15, 0.2) is 53.1 Å². The molecule has 1 atom stereocenters. The molecule has 1 saturated heterocycles. The number of aromatic nitrogens is 2. The number of carbonyl (C=O) groups is 1. The average Bonchev–Trinajstić information content (AvgIpc) is 3.23. The van der Waals surface area contributed by atoms with E-state index in [2.05, 4.69) is 53.3 Å². The second kappa shape index (κ2) is 9.25. The highest BCUT2D eigenvalue weighted by molar-refractivity contribution is 5.92. The summed E-state index contributed by atoms with van der Waals surface area (Å²) in [6, 6.07) is 16.2. The van der Waals surface area contributed by atoms with Gasteiger partial charge in [0.2, 0.25) is 17.6 Å². The van der Waals surface area contributed by atoms with E-state index in [0.29, 0.717) is 24.8 Å². The zero-order chi connectivity index (χ0) is 22.7. The molecule has 0 aliphatic carbocycles. The van der Waals surface area contributed by atoms with Gasteiger partial charge < -0.3 is 9.84 Å². The number of nitrogens with zero attached hydrogens (tertiary/aromatic N) is 3. The van der Waals surface area contributed by atoms with E-state index in [9.17, 15) is 4.79 Å². The van der Waals surface area contributed by atoms with Crippen LogP contribution in [0.1, 0.15) is 50.6 Å². The summed E-state index contributed by atoms with van der Waals surface area (Å²) in [5, 5.41) is 7.22. The highest BCUT2D eigenvalue weighted by atomic mass is 16.5. The minimum absolute atomic E-state index is 0.0441. The quantitative estimate of drug-likeness (QED) is 0.600. The summed E-state index contributed by atoms with van der Waals surface area (Å²) in [6.45, 7) is 10.8. The van der Waals surface area contributed by atoms with Crippen LogP contribution in [0.2, 0.25) is 0 Å². The molecule has 1 aliphatic rings. The molecule has 6 nitrogen and oxygen atoms in total. The maximum Gasteiger partial charge on any atom is 0.241 e. The summed E-state index contributed by atoms with van der Waals surface area (Å²) in [5.74, 6) is 1.21. The lowest BCUT2D eigenvalue weighted by Gasteiger charge is -2.30. The first-order chi connectivity index (χ1) is 15.3. The normalized spacial score (nSPS) is 17.3. The fraction of sp³-hybridized carbons (Fsp3) is 0.423. The van der Waals surface area contributed by atoms with Gasteiger partial charge in [-0.3, -0.25) is 9.69 Å². The van der Waals surface area contributed by atoms with E-state index in [1.807, 2.05) is 43.3 Å². The summed E-state index contributed by atoms with van der Waals surface area (Å²) in [6.07, 6.45) is 1.87. The maximum atomic E-state index is 12.7. The number of carbonyl (C=O) groups excluding carboxylic acids is 1. The Kier molecular flexibility index (Phi) is 6.42. The van der Waals surface area contributed by atoms with Gasteiger partial charge in [-0.15, -0.1) is 0 Å². The molecule has 0 radical (unpaired) electrons. The lowest BCUT2D eigenvalue weighted by molar-refractivity contribution is -0.121. The van der Waals surface area contributed by atoms with Crippen molar-refractivity contribution in [1.82, 2.24) is 15.0 Å². The number of aryl methyl sites for hydroxylation is 1. The fourth-order valence-corrected chi connectivity index (χ4v) is 4.04. The molecule has 2 aromatic carbocycles. The van der Waals surface area contributed by atoms with E-state index in [0.717, 1.165) is 30.6 Å². The number of likely N-dealkylation sites (tertiary alicyclic amines) is 1. The van der Waals surface area contributed by atoms with Gasteiger partial charge >= 0.3 is 0 Å². The number of rotatable bonds is 5. The first-order valence-electron chi connectivity index (χ1n) is 11.3. The lowest BCUT2D eigenvalue weighted by Crippen LogP contribution is -2.40. The van der Waals surface area contributed by atoms with Crippen molar-refractivity contribution in [3.8, 4) is 11.4 Å². The van der Waals surface area contributed by atoms with Gasteiger partial charge in [-0.2, -0.15) is 4.98 Å². The molecule has 1 fully saturated rings. The van der Waals surface area contributed by atoms with Gasteiger partial charge in [-0.1, -0.05) is 67.9 Å². The van der Waals surface area contributed by atoms with Gasteiger partial charge in [0.1, 0.15) is 0 Å². The van der Waals surface area contributed by atoms with Crippen LogP contribution in [0.25, 0.3) is 11.4 Å². The number of hydrogen-bond donors (Lipinski definition) is 1. The van der Waals surface area contributed by atoms with Crippen LogP contribution >= 0.6 is 0 Å². The fourth-order valence-electron chi connectivity index (χ4n) is 4.04. The summed E-state index contributed by atoms with van der Waals surface area (Å²) >= 11 is 0. The number of benzene rings is 2. The molecule has 0 bridgehead atoms. The van der Waals surface area contributed by atoms with Gasteiger partial charge in [0.25, 0.3) is 0 Å². The zero-order valence-electron chi connectivity index (χ0n) is 19.4. The molecular formula is C26H32N4O2. The molecule has 2 heterocycles. The Morgan fingerprint density at radius 2 is 1.84 bits per heavy atom. The number of nitrogens with one attached hydrogen (secondary N) is 1. The molecule has 4 rings (SSSR count). The van der Waals surface area contributed by atoms with Crippen molar-refractivity contribution in [2.75, 3.05) is 18.4 Å². The smallest absolute Gasteiger partial charge is 0.241 e. The maximum absolute atomic E-state index is 12.7. The van der Waals surface area contributed by atoms with Crippen molar-refractivity contribution in [1.29, 1.82) is 0 Å². The summed E-state index contributed by atoms with van der Waals surface area (Å²) in [5.41, 5.74) is 4.35. The molecular weight excluding hydrogens is 400 g/mol. The van der Waals surface area contributed by atoms with E-state index >= 15 is 0 Å². The Morgan fingerprint density at radius 3 is 2.53 bits per heavy atom. The molecule has 1 amide bonds. The van der Waals surface area contributed by atoms with E-state index in [4.69, 9.17) is 4.52 Å². The molecule has 1 aliphatic heterocycles. The molecule has 3 aromatic rings. The van der Waals surface area contributed by atoms with E-state index < -0.39 is 0 Å². The Hall–Kier alpha value is -2.99. The number of amides is 1. The van der Waals surface area contributed by atoms with Crippen molar-refractivity contribution in [3.63, 3.8) is 0 Å². The number of anilines is 1. The van der Waals surface area contributed by atoms with Crippen LogP contribution in [0.5, 0.6) is 0 Å². The largest absolute Gasteiger partial charge is 0.338 e. The van der Waals surface area contributed by atoms with Crippen molar-refractivity contribution in [3.05, 3.63) is 65.5 Å². The molecule has 168 valence electrons. The predicted molar refractivity (Wildman–Crippen MR) is 126 cm³/mol. The third-order valence-corrected chi connectivity index (χ3v) is 6.03. The second-order valence-corrected chi connectivity index (χ2v) is 9.77. The Morgan fingerprint density at radius 1 is 1.12 bits per heavy atom. The lowest BCUT2D eigenvalue weighted by atomic mass is 9.87. The standard InChI is InChI=1S/C26H32N4O2/c1-18-7-13-22(14-8-18)27-25(31)20-6-5-15-30(16-20)17-23-28-24(29-32-23)19-9-11-21(12-10-19)26(2,3)4/h7-14,20H,5-6,15-17H2,1-4H3,(H,27,31). The number of hydrogen-bond acceptors (Lipinski definition) is 5. The van der Waals surface area contributed by atoms with Crippen LogP contribution in [0.3, 0.4) is 0 Å². The number of piperidine rings is 1. The Labute approximate surface area is 190 Å². The first-order valence-corrected chi connectivity index (χ1v) is 11.3. The SMILES string of the molecule is Cc1ccc(NC(=O)C2CCCN(Cc3nc(-c4ccc(C(C)(C)C)cc4)no3)C2)cc1. The van der Waals surface area contributed by atoms with Crippen LogP contribution in [-0.2, 0) is 16.8 Å². The van der Waals surface area contributed by atoms with E-state index in [-0.39, 0.29) is 17.2 Å². The highest BCUT2D eigenvalue weighted by Crippen LogP contribution is 2.26. The Balaban J connectivity index is 1.35. The molecule has 6 heteroatoms. The van der Waals surface area contributed by atoms with E-state index in [1.54, 1.807) is 0 Å². The van der Waals surface area contributed by atoms with Gasteiger partial charge in [0.05, 0.1) is 12.5 Å². The van der Waals surface area contributed by atoms with Crippen molar-refractivity contribution >= 4 is 11.6 Å². The monoisotopic (exact) mass is 432 g/mol. The average molecular weight is 433 g/mol. The third-order valence-electron chi connectivity index (χ3n) is 6.03. The van der Waals surface area contributed by atoms with Gasteiger partial charge in [-0.05, 0) is 49.4 Å². The topological polar surface area (TPSA) is 71.3 Å². The Bertz CT molecular complexity index is 1050. The molecule has 1 N–H and O–H groups in total. The second-order valence-electron chi connectivity index (χ2n) is 9.77. The molecule has 1 aromatic heterocycles. The van der Waals surface area contributed by atoms with Crippen LogP contribution < -0.4 is 5.32 Å².